The number of nitriles is 1. The highest BCUT2D eigenvalue weighted by molar-refractivity contribution is 7.85. The minimum Gasteiger partial charge on any atom is -0.381 e. The summed E-state index contributed by atoms with van der Waals surface area (Å²) < 4.78 is 17.3. The van der Waals surface area contributed by atoms with Crippen molar-refractivity contribution in [2.75, 3.05) is 19.0 Å². The van der Waals surface area contributed by atoms with Crippen molar-refractivity contribution in [1.29, 1.82) is 5.26 Å². The monoisotopic (exact) mass is 227 g/mol. The Bertz CT molecular complexity index is 287. The molecule has 2 aliphatic rings. The lowest BCUT2D eigenvalue weighted by molar-refractivity contribution is 0.0991. The van der Waals surface area contributed by atoms with Crippen LogP contribution < -0.4 is 0 Å². The topological polar surface area (TPSA) is 50.1 Å². The number of ether oxygens (including phenoxy) is 1. The van der Waals surface area contributed by atoms with Crippen molar-refractivity contribution in [2.24, 2.45) is 5.41 Å². The molecule has 1 atom stereocenters. The molecule has 1 heterocycles. The summed E-state index contributed by atoms with van der Waals surface area (Å²) in [5.41, 5.74) is 0.123. The van der Waals surface area contributed by atoms with Gasteiger partial charge in [-0.1, -0.05) is 0 Å². The maximum absolute atomic E-state index is 12.1. The van der Waals surface area contributed by atoms with Crippen molar-refractivity contribution in [3.63, 3.8) is 0 Å². The highest BCUT2D eigenvalue weighted by Gasteiger charge is 2.44. The summed E-state index contributed by atoms with van der Waals surface area (Å²) in [5, 5.41) is 9.01. The van der Waals surface area contributed by atoms with Crippen LogP contribution in [0.1, 0.15) is 32.1 Å². The summed E-state index contributed by atoms with van der Waals surface area (Å²) in [6.45, 7) is 1.50. The van der Waals surface area contributed by atoms with E-state index in [1.165, 1.54) is 0 Å². The molecule has 0 bridgehead atoms. The lowest BCUT2D eigenvalue weighted by atomic mass is 10.1. The Morgan fingerprint density at radius 1 is 1.40 bits per heavy atom. The summed E-state index contributed by atoms with van der Waals surface area (Å²) in [4.78, 5) is 0. The normalized spacial score (nSPS) is 26.9. The number of nitrogens with zero attached hydrogens (tertiary/aromatic N) is 1. The van der Waals surface area contributed by atoms with Gasteiger partial charge in [-0.15, -0.1) is 0 Å². The Morgan fingerprint density at radius 3 is 2.60 bits per heavy atom. The van der Waals surface area contributed by atoms with Crippen LogP contribution in [0.15, 0.2) is 0 Å². The molecule has 0 spiro atoms. The van der Waals surface area contributed by atoms with Crippen LogP contribution in [0.5, 0.6) is 0 Å². The largest absolute Gasteiger partial charge is 0.381 e. The van der Waals surface area contributed by atoms with Crippen LogP contribution in [-0.4, -0.2) is 28.4 Å². The zero-order chi connectivity index (χ0) is 10.7. The molecule has 0 aromatic carbocycles. The molecule has 2 fully saturated rings. The smallest absolute Gasteiger partial charge is 0.0627 e. The summed E-state index contributed by atoms with van der Waals surface area (Å²) in [7, 11) is -0.746. The Balaban J connectivity index is 1.84. The van der Waals surface area contributed by atoms with Crippen LogP contribution in [0.4, 0.5) is 0 Å². The first-order valence-electron chi connectivity index (χ1n) is 5.58. The van der Waals surface area contributed by atoms with E-state index >= 15 is 0 Å². The summed E-state index contributed by atoms with van der Waals surface area (Å²) in [5.74, 6) is 0.741. The minimum absolute atomic E-state index is 0.123. The van der Waals surface area contributed by atoms with Crippen LogP contribution >= 0.6 is 0 Å². The second-order valence-electron chi connectivity index (χ2n) is 4.67. The summed E-state index contributed by atoms with van der Waals surface area (Å²) in [6.07, 6.45) is 4.62. The second-order valence-corrected chi connectivity index (χ2v) is 6.39. The number of hydrogen-bond donors (Lipinski definition) is 0. The molecule has 0 aromatic heterocycles. The van der Waals surface area contributed by atoms with E-state index in [0.29, 0.717) is 11.7 Å². The Kier molecular flexibility index (Phi) is 3.42. The van der Waals surface area contributed by atoms with Gasteiger partial charge in [0.25, 0.3) is 0 Å². The van der Waals surface area contributed by atoms with Gasteiger partial charge in [-0.2, -0.15) is 5.26 Å². The number of rotatable bonds is 4. The van der Waals surface area contributed by atoms with Gasteiger partial charge < -0.3 is 4.74 Å². The van der Waals surface area contributed by atoms with E-state index in [-0.39, 0.29) is 5.41 Å². The van der Waals surface area contributed by atoms with Gasteiger partial charge in [0.15, 0.2) is 0 Å². The van der Waals surface area contributed by atoms with Crippen LogP contribution in [0.3, 0.4) is 0 Å². The molecule has 0 radical (unpaired) electrons. The van der Waals surface area contributed by atoms with E-state index in [2.05, 4.69) is 6.07 Å². The van der Waals surface area contributed by atoms with Crippen molar-refractivity contribution in [3.8, 4) is 6.07 Å². The Hall–Kier alpha value is -0.400. The maximum atomic E-state index is 12.1. The van der Waals surface area contributed by atoms with Gasteiger partial charge in [0.2, 0.25) is 0 Å². The highest BCUT2D eigenvalue weighted by atomic mass is 32.2. The second kappa shape index (κ2) is 4.63. The van der Waals surface area contributed by atoms with Gasteiger partial charge in [-0.3, -0.25) is 4.21 Å². The van der Waals surface area contributed by atoms with E-state index in [1.807, 2.05) is 0 Å². The number of hydrogen-bond acceptors (Lipinski definition) is 3. The van der Waals surface area contributed by atoms with Crippen LogP contribution in [0.2, 0.25) is 0 Å². The third-order valence-electron chi connectivity index (χ3n) is 3.40. The van der Waals surface area contributed by atoms with Crippen LogP contribution in [0.25, 0.3) is 0 Å². The van der Waals surface area contributed by atoms with Gasteiger partial charge in [-0.05, 0) is 31.1 Å². The predicted molar refractivity (Wildman–Crippen MR) is 58.7 cm³/mol. The first-order valence-corrected chi connectivity index (χ1v) is 6.96. The predicted octanol–water partition coefficient (Wildman–Crippen LogP) is 1.61. The molecule has 1 aliphatic heterocycles. The molecule has 1 saturated carbocycles. The molecule has 0 aromatic rings. The van der Waals surface area contributed by atoms with E-state index < -0.39 is 10.8 Å². The first kappa shape index (κ1) is 11.1. The van der Waals surface area contributed by atoms with E-state index in [4.69, 9.17) is 10.00 Å². The zero-order valence-electron chi connectivity index (χ0n) is 8.91. The van der Waals surface area contributed by atoms with Crippen molar-refractivity contribution in [2.45, 2.75) is 37.4 Å². The van der Waals surface area contributed by atoms with Gasteiger partial charge >= 0.3 is 0 Å². The van der Waals surface area contributed by atoms with Crippen molar-refractivity contribution in [1.82, 2.24) is 0 Å². The van der Waals surface area contributed by atoms with Crippen LogP contribution in [0, 0.1) is 16.7 Å². The van der Waals surface area contributed by atoms with Gasteiger partial charge in [0.1, 0.15) is 0 Å². The molecular weight excluding hydrogens is 210 g/mol. The Labute approximate surface area is 93.3 Å². The molecule has 0 amide bonds. The molecule has 1 saturated heterocycles. The van der Waals surface area contributed by atoms with Crippen LogP contribution in [-0.2, 0) is 15.5 Å². The molecule has 1 unspecified atom stereocenters. The fourth-order valence-corrected chi connectivity index (χ4v) is 4.02. The van der Waals surface area contributed by atoms with Gasteiger partial charge in [-0.25, -0.2) is 0 Å². The molecular formula is C11H17NO2S. The Morgan fingerprint density at radius 2 is 2.07 bits per heavy atom. The average Bonchev–Trinajstić information content (AvgIpc) is 3.00. The lowest BCUT2D eigenvalue weighted by Crippen LogP contribution is -2.28. The maximum Gasteiger partial charge on any atom is 0.0627 e. The molecule has 4 heteroatoms. The minimum atomic E-state index is -0.746. The van der Waals surface area contributed by atoms with E-state index in [9.17, 15) is 4.21 Å². The third-order valence-corrected chi connectivity index (χ3v) is 5.51. The zero-order valence-corrected chi connectivity index (χ0v) is 9.72. The SMILES string of the molecule is N#CCC1(CS(=O)C2CCOCC2)CC1. The summed E-state index contributed by atoms with van der Waals surface area (Å²) >= 11 is 0. The third kappa shape index (κ3) is 2.79. The lowest BCUT2D eigenvalue weighted by Gasteiger charge is -2.23. The van der Waals surface area contributed by atoms with E-state index in [1.54, 1.807) is 0 Å². The molecule has 15 heavy (non-hydrogen) atoms. The van der Waals surface area contributed by atoms with Crippen molar-refractivity contribution in [3.05, 3.63) is 0 Å². The quantitative estimate of drug-likeness (QED) is 0.733. The summed E-state index contributed by atoms with van der Waals surface area (Å²) in [6, 6.07) is 2.22. The molecule has 1 aliphatic carbocycles. The fourth-order valence-electron chi connectivity index (χ4n) is 2.08. The average molecular weight is 227 g/mol. The standard InChI is InChI=1S/C11H17NO2S/c12-6-5-11(3-4-11)9-15(13)10-1-7-14-8-2-10/h10H,1-5,7-9H2. The van der Waals surface area contributed by atoms with E-state index in [0.717, 1.165) is 44.6 Å². The molecule has 3 nitrogen and oxygen atoms in total. The first-order chi connectivity index (χ1) is 7.26. The van der Waals surface area contributed by atoms with Gasteiger partial charge in [0, 0.05) is 41.4 Å². The van der Waals surface area contributed by atoms with Crippen molar-refractivity contribution < 1.29 is 8.95 Å². The fraction of sp³-hybridized carbons (Fsp3) is 0.909. The van der Waals surface area contributed by atoms with Gasteiger partial charge in [0.05, 0.1) is 6.07 Å². The molecule has 0 N–H and O–H groups in total. The van der Waals surface area contributed by atoms with Crippen molar-refractivity contribution >= 4 is 10.8 Å². The molecule has 2 rings (SSSR count). The molecule has 84 valence electrons. The highest BCUT2D eigenvalue weighted by Crippen LogP contribution is 2.49.